The van der Waals surface area contributed by atoms with Crippen LogP contribution in [0.1, 0.15) is 21.3 Å². The first-order chi connectivity index (χ1) is 15.7. The first-order valence-electron chi connectivity index (χ1n) is 10.5. The number of ether oxygens (including phenoxy) is 1. The minimum atomic E-state index is -0.272. The smallest absolute Gasteiger partial charge is 0.261 e. The molecular formula is C24H22FN3O2S2. The lowest BCUT2D eigenvalue weighted by Gasteiger charge is -2.34. The van der Waals surface area contributed by atoms with Crippen LogP contribution in [-0.2, 0) is 4.74 Å². The van der Waals surface area contributed by atoms with Crippen molar-refractivity contribution in [1.82, 2.24) is 15.2 Å². The molecular weight excluding hydrogens is 445 g/mol. The molecule has 0 bridgehead atoms. The topological polar surface area (TPSA) is 54.5 Å². The number of thiazole rings is 1. The van der Waals surface area contributed by atoms with Crippen LogP contribution in [0.25, 0.3) is 20.1 Å². The summed E-state index contributed by atoms with van der Waals surface area (Å²) in [7, 11) is 0. The lowest BCUT2D eigenvalue weighted by Crippen LogP contribution is -2.43. The Bertz CT molecular complexity index is 1200. The van der Waals surface area contributed by atoms with Crippen molar-refractivity contribution in [2.75, 3.05) is 32.8 Å². The number of hydrogen-bond donors (Lipinski definition) is 1. The van der Waals surface area contributed by atoms with Gasteiger partial charge in [0.2, 0.25) is 0 Å². The molecule has 1 amide bonds. The zero-order valence-electron chi connectivity index (χ0n) is 17.3. The van der Waals surface area contributed by atoms with E-state index in [2.05, 4.69) is 21.3 Å². The van der Waals surface area contributed by atoms with Crippen molar-refractivity contribution in [2.24, 2.45) is 0 Å². The maximum absolute atomic E-state index is 13.9. The second-order valence-corrected chi connectivity index (χ2v) is 9.69. The van der Waals surface area contributed by atoms with Gasteiger partial charge in [-0.2, -0.15) is 0 Å². The van der Waals surface area contributed by atoms with E-state index in [0.29, 0.717) is 24.6 Å². The third-order valence-electron chi connectivity index (χ3n) is 5.51. The van der Waals surface area contributed by atoms with Crippen LogP contribution in [0.2, 0.25) is 0 Å². The van der Waals surface area contributed by atoms with E-state index in [0.717, 1.165) is 38.8 Å². The summed E-state index contributed by atoms with van der Waals surface area (Å²) in [6.07, 6.45) is 0. The molecule has 1 atom stereocenters. The van der Waals surface area contributed by atoms with Crippen LogP contribution in [0.3, 0.4) is 0 Å². The van der Waals surface area contributed by atoms with Gasteiger partial charge < -0.3 is 10.1 Å². The molecule has 164 valence electrons. The number of thiophene rings is 1. The number of nitrogens with zero attached hydrogens (tertiary/aromatic N) is 2. The van der Waals surface area contributed by atoms with E-state index in [4.69, 9.17) is 4.74 Å². The molecule has 5 rings (SSSR count). The molecule has 0 saturated carbocycles. The van der Waals surface area contributed by atoms with E-state index in [1.165, 1.54) is 17.4 Å². The van der Waals surface area contributed by atoms with E-state index in [9.17, 15) is 9.18 Å². The Morgan fingerprint density at radius 1 is 1.09 bits per heavy atom. The Hall–Kier alpha value is -2.65. The lowest BCUT2D eigenvalue weighted by atomic mass is 10.0. The van der Waals surface area contributed by atoms with Gasteiger partial charge in [-0.05, 0) is 42.0 Å². The molecule has 0 radical (unpaired) electrons. The number of halogens is 1. The van der Waals surface area contributed by atoms with Gasteiger partial charge in [-0.15, -0.1) is 22.7 Å². The van der Waals surface area contributed by atoms with E-state index in [1.807, 2.05) is 36.4 Å². The number of carbonyl (C=O) groups is 1. The first-order valence-corrected chi connectivity index (χ1v) is 12.1. The van der Waals surface area contributed by atoms with Crippen molar-refractivity contribution in [3.63, 3.8) is 0 Å². The number of carbonyl (C=O) groups excluding carboxylic acids is 1. The van der Waals surface area contributed by atoms with Gasteiger partial charge in [0.25, 0.3) is 5.91 Å². The molecule has 2 aromatic carbocycles. The largest absolute Gasteiger partial charge is 0.379 e. The van der Waals surface area contributed by atoms with E-state index >= 15 is 0 Å². The van der Waals surface area contributed by atoms with Gasteiger partial charge in [0.1, 0.15) is 10.8 Å². The van der Waals surface area contributed by atoms with Crippen molar-refractivity contribution in [3.8, 4) is 9.88 Å². The fourth-order valence-corrected chi connectivity index (χ4v) is 5.83. The van der Waals surface area contributed by atoms with Gasteiger partial charge in [-0.1, -0.05) is 24.3 Å². The molecule has 5 nitrogen and oxygen atoms in total. The van der Waals surface area contributed by atoms with Crippen molar-refractivity contribution in [2.45, 2.75) is 6.04 Å². The van der Waals surface area contributed by atoms with Crippen LogP contribution in [0, 0.1) is 5.82 Å². The number of benzene rings is 2. The lowest BCUT2D eigenvalue weighted by molar-refractivity contribution is 0.0162. The van der Waals surface area contributed by atoms with Crippen LogP contribution in [0.4, 0.5) is 4.39 Å². The Kier molecular flexibility index (Phi) is 6.27. The van der Waals surface area contributed by atoms with Gasteiger partial charge in [-0.25, -0.2) is 9.37 Å². The van der Waals surface area contributed by atoms with Crippen molar-refractivity contribution in [3.05, 3.63) is 76.9 Å². The summed E-state index contributed by atoms with van der Waals surface area (Å²) in [6.45, 7) is 3.17. The highest BCUT2D eigenvalue weighted by Crippen LogP contribution is 2.34. The average Bonchev–Trinajstić information content (AvgIpc) is 3.47. The Morgan fingerprint density at radius 2 is 1.94 bits per heavy atom. The average molecular weight is 468 g/mol. The predicted molar refractivity (Wildman–Crippen MR) is 127 cm³/mol. The van der Waals surface area contributed by atoms with E-state index < -0.39 is 0 Å². The molecule has 8 heteroatoms. The van der Waals surface area contributed by atoms with Crippen LogP contribution in [0.15, 0.2) is 60.7 Å². The molecule has 1 aliphatic rings. The molecule has 4 aromatic rings. The second-order valence-electron chi connectivity index (χ2n) is 7.58. The summed E-state index contributed by atoms with van der Waals surface area (Å²) in [5, 5.41) is 3.97. The van der Waals surface area contributed by atoms with Crippen LogP contribution in [0.5, 0.6) is 0 Å². The fourth-order valence-electron chi connectivity index (χ4n) is 3.89. The highest BCUT2D eigenvalue weighted by molar-refractivity contribution is 7.26. The normalized spacial score (nSPS) is 15.7. The second kappa shape index (κ2) is 9.46. The summed E-state index contributed by atoms with van der Waals surface area (Å²) in [5.74, 6) is -0.400. The van der Waals surface area contributed by atoms with Crippen molar-refractivity contribution < 1.29 is 13.9 Å². The number of para-hydroxylation sites is 1. The summed E-state index contributed by atoms with van der Waals surface area (Å²) in [6, 6.07) is 18.3. The number of nitrogens with one attached hydrogen (secondary N) is 1. The fraction of sp³-hybridized carbons (Fsp3) is 0.250. The quantitative estimate of drug-likeness (QED) is 0.435. The maximum Gasteiger partial charge on any atom is 0.261 e. The maximum atomic E-state index is 13.9. The molecule has 1 saturated heterocycles. The molecule has 0 aliphatic carbocycles. The van der Waals surface area contributed by atoms with Crippen molar-refractivity contribution >= 4 is 38.8 Å². The third-order valence-corrected chi connectivity index (χ3v) is 7.80. The zero-order chi connectivity index (χ0) is 21.9. The van der Waals surface area contributed by atoms with Gasteiger partial charge in [0, 0.05) is 19.6 Å². The van der Waals surface area contributed by atoms with Crippen LogP contribution >= 0.6 is 22.7 Å². The Labute approximate surface area is 193 Å². The monoisotopic (exact) mass is 467 g/mol. The summed E-state index contributed by atoms with van der Waals surface area (Å²) < 4.78 is 20.5. The number of hydrogen-bond acceptors (Lipinski definition) is 6. The van der Waals surface area contributed by atoms with Crippen LogP contribution < -0.4 is 5.32 Å². The molecule has 0 spiro atoms. The minimum Gasteiger partial charge on any atom is -0.379 e. The molecule has 1 unspecified atom stereocenters. The number of aromatic nitrogens is 1. The number of amides is 1. The van der Waals surface area contributed by atoms with E-state index in [-0.39, 0.29) is 17.8 Å². The highest BCUT2D eigenvalue weighted by atomic mass is 32.1. The summed E-state index contributed by atoms with van der Waals surface area (Å²) in [5.41, 5.74) is 1.82. The molecule has 3 heterocycles. The number of fused-ring (bicyclic) bond motifs is 1. The Balaban J connectivity index is 1.31. The standard InChI is InChI=1S/C24H22FN3O2S2/c25-17-5-3-4-16(14-17)19(28-10-12-30-13-11-28)15-26-23(29)21-8-9-22(31-21)24-27-18-6-1-2-7-20(18)32-24/h1-9,14,19H,10-13,15H2,(H,26,29). The number of morpholine rings is 1. The van der Waals surface area contributed by atoms with Gasteiger partial charge in [-0.3, -0.25) is 9.69 Å². The molecule has 2 aromatic heterocycles. The highest BCUT2D eigenvalue weighted by Gasteiger charge is 2.24. The minimum absolute atomic E-state index is 0.109. The predicted octanol–water partition coefficient (Wildman–Crippen LogP) is 4.97. The van der Waals surface area contributed by atoms with E-state index in [1.54, 1.807) is 23.5 Å². The zero-order valence-corrected chi connectivity index (χ0v) is 18.9. The molecule has 1 aliphatic heterocycles. The number of rotatable bonds is 6. The SMILES string of the molecule is O=C(NCC(c1cccc(F)c1)N1CCOCC1)c1ccc(-c2nc3ccccc3s2)s1. The van der Waals surface area contributed by atoms with Gasteiger partial charge in [0.15, 0.2) is 0 Å². The van der Waals surface area contributed by atoms with Crippen LogP contribution in [-0.4, -0.2) is 48.6 Å². The van der Waals surface area contributed by atoms with Gasteiger partial charge in [0.05, 0.1) is 39.2 Å². The third kappa shape index (κ3) is 4.59. The molecule has 32 heavy (non-hydrogen) atoms. The summed E-state index contributed by atoms with van der Waals surface area (Å²) in [4.78, 5) is 21.4. The summed E-state index contributed by atoms with van der Waals surface area (Å²) >= 11 is 3.06. The van der Waals surface area contributed by atoms with Gasteiger partial charge >= 0.3 is 0 Å². The first kappa shape index (κ1) is 21.2. The van der Waals surface area contributed by atoms with Crippen molar-refractivity contribution in [1.29, 1.82) is 0 Å². The Morgan fingerprint density at radius 3 is 2.75 bits per heavy atom. The molecule has 1 N–H and O–H groups in total. The molecule has 1 fully saturated rings.